The Bertz CT molecular complexity index is 558. The minimum atomic E-state index is -0.880. The van der Waals surface area contributed by atoms with Crippen molar-refractivity contribution in [2.45, 2.75) is 32.2 Å². The highest BCUT2D eigenvalue weighted by Crippen LogP contribution is 2.42. The second-order valence-electron chi connectivity index (χ2n) is 5.73. The molecule has 1 aromatic heterocycles. The lowest BCUT2D eigenvalue weighted by atomic mass is 9.94. The molecule has 20 heavy (non-hydrogen) atoms. The lowest BCUT2D eigenvalue weighted by Gasteiger charge is -2.24. The molecule has 0 radical (unpaired) electrons. The number of aryl methyl sites for hydroxylation is 1. The highest BCUT2D eigenvalue weighted by Gasteiger charge is 2.49. The number of amides is 1. The molecule has 2 fully saturated rings. The minimum Gasteiger partial charge on any atom is -0.480 e. The number of carboxylic acid groups (broad SMARTS) is 1. The molecule has 1 aliphatic heterocycles. The Labute approximate surface area is 117 Å². The molecule has 1 saturated heterocycles. The summed E-state index contributed by atoms with van der Waals surface area (Å²) in [5.41, 5.74) is 1.16. The summed E-state index contributed by atoms with van der Waals surface area (Å²) in [6.45, 7) is 2.34. The molecule has 2 heterocycles. The number of rotatable bonds is 2. The quantitative estimate of drug-likeness (QED) is 0.891. The maximum atomic E-state index is 12.6. The van der Waals surface area contributed by atoms with Crippen LogP contribution < -0.4 is 0 Å². The molecule has 1 aliphatic carbocycles. The molecule has 106 valence electrons. The first-order chi connectivity index (χ1) is 9.59. The Balaban J connectivity index is 1.91. The van der Waals surface area contributed by atoms with Gasteiger partial charge in [-0.25, -0.2) is 4.79 Å². The van der Waals surface area contributed by atoms with E-state index < -0.39 is 12.0 Å². The molecule has 3 unspecified atom stereocenters. The van der Waals surface area contributed by atoms with Crippen LogP contribution in [0.2, 0.25) is 0 Å². The number of likely N-dealkylation sites (tertiary alicyclic amines) is 1. The molecule has 1 aromatic rings. The van der Waals surface area contributed by atoms with Gasteiger partial charge in [0.1, 0.15) is 6.04 Å². The maximum absolute atomic E-state index is 12.6. The number of carbonyl (C=O) groups excluding carboxylic acids is 1. The van der Waals surface area contributed by atoms with E-state index in [1.807, 2.05) is 0 Å². The first-order valence-corrected chi connectivity index (χ1v) is 7.05. The van der Waals surface area contributed by atoms with E-state index in [1.54, 1.807) is 30.2 Å². The van der Waals surface area contributed by atoms with Gasteiger partial charge < -0.3 is 10.0 Å². The number of carboxylic acids is 1. The fourth-order valence-electron chi connectivity index (χ4n) is 3.70. The Kier molecular flexibility index (Phi) is 3.20. The van der Waals surface area contributed by atoms with Crippen LogP contribution in [-0.2, 0) is 4.79 Å². The number of carbonyl (C=O) groups is 2. The molecule has 3 rings (SSSR count). The summed E-state index contributed by atoms with van der Waals surface area (Å²) in [4.78, 5) is 29.9. The lowest BCUT2D eigenvalue weighted by Crippen LogP contribution is -2.43. The van der Waals surface area contributed by atoms with Crippen LogP contribution >= 0.6 is 0 Å². The number of aliphatic carboxylic acids is 1. The van der Waals surface area contributed by atoms with Crippen molar-refractivity contribution in [1.82, 2.24) is 9.88 Å². The van der Waals surface area contributed by atoms with Gasteiger partial charge in [0.15, 0.2) is 0 Å². The molecular formula is C15H18N2O3. The van der Waals surface area contributed by atoms with Crippen molar-refractivity contribution in [3.05, 3.63) is 29.6 Å². The van der Waals surface area contributed by atoms with Gasteiger partial charge in [-0.05, 0) is 43.7 Å². The molecular weight excluding hydrogens is 256 g/mol. The molecule has 0 aromatic carbocycles. The topological polar surface area (TPSA) is 70.5 Å². The molecule has 0 bridgehead atoms. The zero-order valence-electron chi connectivity index (χ0n) is 11.5. The first-order valence-electron chi connectivity index (χ1n) is 7.05. The van der Waals surface area contributed by atoms with Gasteiger partial charge in [-0.3, -0.25) is 9.78 Å². The number of aromatic nitrogens is 1. The van der Waals surface area contributed by atoms with Crippen molar-refractivity contribution >= 4 is 11.9 Å². The standard InChI is InChI=1S/C15H18N2O3/c1-9-11(6-3-7-16-9)14(18)17-8-10-4-2-5-12(10)13(17)15(19)20/h3,6-7,10,12-13H,2,4-5,8H2,1H3,(H,19,20). The lowest BCUT2D eigenvalue weighted by molar-refractivity contribution is -0.142. The fraction of sp³-hybridized carbons (Fsp3) is 0.533. The molecule has 5 nitrogen and oxygen atoms in total. The second kappa shape index (κ2) is 4.89. The summed E-state index contributed by atoms with van der Waals surface area (Å²) in [5, 5.41) is 9.49. The molecule has 2 aliphatic rings. The van der Waals surface area contributed by atoms with Gasteiger partial charge in [0.2, 0.25) is 0 Å². The van der Waals surface area contributed by atoms with Crippen LogP contribution in [0, 0.1) is 18.8 Å². The van der Waals surface area contributed by atoms with Crippen LogP contribution in [0.4, 0.5) is 0 Å². The zero-order chi connectivity index (χ0) is 14.3. The van der Waals surface area contributed by atoms with Gasteiger partial charge in [0, 0.05) is 18.4 Å². The summed E-state index contributed by atoms with van der Waals surface area (Å²) in [7, 11) is 0. The van der Waals surface area contributed by atoms with E-state index in [9.17, 15) is 14.7 Å². The Morgan fingerprint density at radius 1 is 1.40 bits per heavy atom. The summed E-state index contributed by atoms with van der Waals surface area (Å²) in [5.74, 6) is -0.614. The molecule has 1 N–H and O–H groups in total. The van der Waals surface area contributed by atoms with Crippen LogP contribution in [0.3, 0.4) is 0 Å². The predicted octanol–water partition coefficient (Wildman–Crippen LogP) is 1.72. The normalized spacial score (nSPS) is 28.4. The summed E-state index contributed by atoms with van der Waals surface area (Å²) in [6, 6.07) is 2.76. The average Bonchev–Trinajstić information content (AvgIpc) is 2.97. The summed E-state index contributed by atoms with van der Waals surface area (Å²) in [6.07, 6.45) is 4.66. The number of fused-ring (bicyclic) bond motifs is 1. The van der Waals surface area contributed by atoms with E-state index in [2.05, 4.69) is 4.98 Å². The maximum Gasteiger partial charge on any atom is 0.326 e. The average molecular weight is 274 g/mol. The fourth-order valence-corrected chi connectivity index (χ4v) is 3.70. The Hall–Kier alpha value is -1.91. The second-order valence-corrected chi connectivity index (χ2v) is 5.73. The first kappa shape index (κ1) is 13.1. The van der Waals surface area contributed by atoms with Gasteiger partial charge in [-0.15, -0.1) is 0 Å². The number of hydrogen-bond donors (Lipinski definition) is 1. The minimum absolute atomic E-state index is 0.119. The highest BCUT2D eigenvalue weighted by atomic mass is 16.4. The van der Waals surface area contributed by atoms with Crippen LogP contribution in [0.5, 0.6) is 0 Å². The molecule has 5 heteroatoms. The predicted molar refractivity (Wildman–Crippen MR) is 72.3 cm³/mol. The Morgan fingerprint density at radius 2 is 2.20 bits per heavy atom. The smallest absolute Gasteiger partial charge is 0.326 e. The monoisotopic (exact) mass is 274 g/mol. The van der Waals surface area contributed by atoms with Crippen molar-refractivity contribution in [2.24, 2.45) is 11.8 Å². The third-order valence-electron chi connectivity index (χ3n) is 4.64. The van der Waals surface area contributed by atoms with E-state index in [4.69, 9.17) is 0 Å². The van der Waals surface area contributed by atoms with E-state index in [-0.39, 0.29) is 11.8 Å². The van der Waals surface area contributed by atoms with Gasteiger partial charge in [-0.2, -0.15) is 0 Å². The van der Waals surface area contributed by atoms with Gasteiger partial charge in [-0.1, -0.05) is 6.42 Å². The number of pyridine rings is 1. The molecule has 1 amide bonds. The third kappa shape index (κ3) is 1.97. The SMILES string of the molecule is Cc1ncccc1C(=O)N1CC2CCCC2C1C(=O)O. The van der Waals surface area contributed by atoms with Crippen molar-refractivity contribution in [2.75, 3.05) is 6.54 Å². The van der Waals surface area contributed by atoms with Crippen LogP contribution in [0.15, 0.2) is 18.3 Å². The summed E-state index contributed by atoms with van der Waals surface area (Å²) < 4.78 is 0. The summed E-state index contributed by atoms with van der Waals surface area (Å²) >= 11 is 0. The van der Waals surface area contributed by atoms with Gasteiger partial charge in [0.05, 0.1) is 5.56 Å². The van der Waals surface area contributed by atoms with Crippen LogP contribution in [0.25, 0.3) is 0 Å². The molecule has 3 atom stereocenters. The highest BCUT2D eigenvalue weighted by molar-refractivity contribution is 5.97. The Morgan fingerprint density at radius 3 is 2.90 bits per heavy atom. The van der Waals surface area contributed by atoms with E-state index >= 15 is 0 Å². The number of hydrogen-bond acceptors (Lipinski definition) is 3. The van der Waals surface area contributed by atoms with E-state index in [1.165, 1.54) is 0 Å². The largest absolute Gasteiger partial charge is 0.480 e. The zero-order valence-corrected chi connectivity index (χ0v) is 11.5. The van der Waals surface area contributed by atoms with E-state index in [0.29, 0.717) is 23.7 Å². The van der Waals surface area contributed by atoms with Crippen LogP contribution in [-0.4, -0.2) is 39.5 Å². The van der Waals surface area contributed by atoms with Gasteiger partial charge in [0.25, 0.3) is 5.91 Å². The van der Waals surface area contributed by atoms with Crippen molar-refractivity contribution in [3.8, 4) is 0 Å². The molecule has 1 saturated carbocycles. The van der Waals surface area contributed by atoms with Crippen molar-refractivity contribution in [3.63, 3.8) is 0 Å². The van der Waals surface area contributed by atoms with Crippen molar-refractivity contribution < 1.29 is 14.7 Å². The van der Waals surface area contributed by atoms with E-state index in [0.717, 1.165) is 19.3 Å². The number of nitrogens with zero attached hydrogens (tertiary/aromatic N) is 2. The van der Waals surface area contributed by atoms with Crippen LogP contribution in [0.1, 0.15) is 35.3 Å². The third-order valence-corrected chi connectivity index (χ3v) is 4.64. The molecule has 0 spiro atoms. The van der Waals surface area contributed by atoms with Crippen molar-refractivity contribution in [1.29, 1.82) is 0 Å². The van der Waals surface area contributed by atoms with Gasteiger partial charge >= 0.3 is 5.97 Å².